The number of nitrogens with two attached hydrogens (primary N) is 1. The Morgan fingerprint density at radius 1 is 1.45 bits per heavy atom. The van der Waals surface area contributed by atoms with E-state index in [1.54, 1.807) is 19.9 Å². The first kappa shape index (κ1) is 16.3. The molecule has 0 aliphatic carbocycles. The van der Waals surface area contributed by atoms with Crippen molar-refractivity contribution >= 4 is 23.1 Å². The normalized spacial score (nSPS) is 11.2. The van der Waals surface area contributed by atoms with Gasteiger partial charge in [-0.2, -0.15) is 8.78 Å². The first-order chi connectivity index (χ1) is 9.24. The molecular formula is C13H16F2N2O2S. The minimum Gasteiger partial charge on any atom is -0.434 e. The molecule has 0 radical (unpaired) electrons. The average molecular weight is 302 g/mol. The summed E-state index contributed by atoms with van der Waals surface area (Å²) in [7, 11) is 0. The molecule has 0 aromatic heterocycles. The number of rotatable bonds is 6. The second kappa shape index (κ2) is 6.60. The van der Waals surface area contributed by atoms with Crippen LogP contribution < -0.4 is 15.8 Å². The summed E-state index contributed by atoms with van der Waals surface area (Å²) in [6.45, 7) is 0.760. The molecule has 1 rings (SSSR count). The molecule has 0 aliphatic rings. The monoisotopic (exact) mass is 302 g/mol. The number of hydrogen-bond donors (Lipinski definition) is 2. The van der Waals surface area contributed by atoms with Gasteiger partial charge in [0.2, 0.25) is 0 Å². The van der Waals surface area contributed by atoms with Gasteiger partial charge < -0.3 is 15.8 Å². The van der Waals surface area contributed by atoms with E-state index in [-0.39, 0.29) is 22.8 Å². The summed E-state index contributed by atoms with van der Waals surface area (Å²) in [5.74, 6) is -0.696. The molecule has 0 fully saturated rings. The predicted octanol–water partition coefficient (Wildman–Crippen LogP) is 2.33. The van der Waals surface area contributed by atoms with Crippen LogP contribution >= 0.6 is 12.2 Å². The maximum absolute atomic E-state index is 12.3. The Balaban J connectivity index is 2.80. The molecule has 0 atom stereocenters. The zero-order valence-electron chi connectivity index (χ0n) is 11.2. The molecule has 0 bridgehead atoms. The van der Waals surface area contributed by atoms with Crippen molar-refractivity contribution in [3.8, 4) is 5.75 Å². The Bertz CT molecular complexity index is 507. The van der Waals surface area contributed by atoms with Gasteiger partial charge in [-0.25, -0.2) is 0 Å². The van der Waals surface area contributed by atoms with Crippen molar-refractivity contribution in [2.75, 3.05) is 6.54 Å². The third kappa shape index (κ3) is 4.41. The van der Waals surface area contributed by atoms with Crippen LogP contribution in [0.4, 0.5) is 8.78 Å². The highest BCUT2D eigenvalue weighted by Gasteiger charge is 2.23. The van der Waals surface area contributed by atoms with Crippen LogP contribution in [0.1, 0.15) is 24.2 Å². The van der Waals surface area contributed by atoms with Gasteiger partial charge in [-0.05, 0) is 12.1 Å². The first-order valence-corrected chi connectivity index (χ1v) is 6.27. The average Bonchev–Trinajstić information content (AvgIpc) is 2.36. The molecule has 4 nitrogen and oxygen atoms in total. The topological polar surface area (TPSA) is 64.3 Å². The molecule has 1 aromatic carbocycles. The minimum absolute atomic E-state index is 0.0338. The summed E-state index contributed by atoms with van der Waals surface area (Å²) < 4.78 is 28.8. The van der Waals surface area contributed by atoms with Gasteiger partial charge in [0.25, 0.3) is 5.91 Å². The number of benzene rings is 1. The fourth-order valence-corrected chi connectivity index (χ4v) is 1.41. The van der Waals surface area contributed by atoms with Gasteiger partial charge in [-0.1, -0.05) is 38.2 Å². The molecule has 20 heavy (non-hydrogen) atoms. The number of ether oxygens (including phenoxy) is 1. The van der Waals surface area contributed by atoms with Gasteiger partial charge in [0, 0.05) is 12.0 Å². The summed E-state index contributed by atoms with van der Waals surface area (Å²) in [4.78, 5) is 12.3. The second-order valence-electron chi connectivity index (χ2n) is 4.81. The van der Waals surface area contributed by atoms with Gasteiger partial charge >= 0.3 is 6.61 Å². The number of alkyl halides is 2. The molecule has 0 spiro atoms. The number of carbonyl (C=O) groups is 1. The van der Waals surface area contributed by atoms with E-state index in [0.29, 0.717) is 0 Å². The Hall–Kier alpha value is -1.76. The van der Waals surface area contributed by atoms with Gasteiger partial charge in [0.15, 0.2) is 0 Å². The second-order valence-corrected chi connectivity index (χ2v) is 5.25. The zero-order chi connectivity index (χ0) is 15.3. The van der Waals surface area contributed by atoms with Crippen LogP contribution in [0.3, 0.4) is 0 Å². The highest BCUT2D eigenvalue weighted by molar-refractivity contribution is 7.80. The number of amides is 1. The van der Waals surface area contributed by atoms with Crippen LogP contribution in [0.2, 0.25) is 0 Å². The lowest BCUT2D eigenvalue weighted by Gasteiger charge is -2.23. The van der Waals surface area contributed by atoms with Crippen molar-refractivity contribution in [1.29, 1.82) is 0 Å². The third-order valence-electron chi connectivity index (χ3n) is 2.71. The van der Waals surface area contributed by atoms with E-state index < -0.39 is 17.9 Å². The molecule has 0 saturated heterocycles. The summed E-state index contributed by atoms with van der Waals surface area (Å²) >= 11 is 4.89. The number of nitrogens with one attached hydrogen (secondary N) is 1. The summed E-state index contributed by atoms with van der Waals surface area (Å²) in [5, 5.41) is 2.60. The molecule has 0 heterocycles. The zero-order valence-corrected chi connectivity index (χ0v) is 12.0. The van der Waals surface area contributed by atoms with Crippen LogP contribution in [-0.4, -0.2) is 24.1 Å². The molecule has 110 valence electrons. The Kier molecular flexibility index (Phi) is 5.38. The summed E-state index contributed by atoms with van der Waals surface area (Å²) in [6, 6.07) is 5.78. The molecule has 1 amide bonds. The molecule has 0 saturated carbocycles. The number of halogens is 2. The molecule has 0 unspecified atom stereocenters. The highest BCUT2D eigenvalue weighted by atomic mass is 32.1. The lowest BCUT2D eigenvalue weighted by Crippen LogP contribution is -2.41. The summed E-state index contributed by atoms with van der Waals surface area (Å²) in [6.07, 6.45) is 0. The fourth-order valence-electron chi connectivity index (χ4n) is 1.34. The highest BCUT2D eigenvalue weighted by Crippen LogP contribution is 2.21. The lowest BCUT2D eigenvalue weighted by molar-refractivity contribution is -0.0501. The lowest BCUT2D eigenvalue weighted by atomic mass is 9.93. The van der Waals surface area contributed by atoms with Crippen LogP contribution in [0, 0.1) is 5.41 Å². The van der Waals surface area contributed by atoms with Crippen LogP contribution in [0.25, 0.3) is 0 Å². The molecule has 3 N–H and O–H groups in total. The van der Waals surface area contributed by atoms with E-state index in [9.17, 15) is 13.6 Å². The van der Waals surface area contributed by atoms with Crippen molar-refractivity contribution in [2.45, 2.75) is 20.5 Å². The Morgan fingerprint density at radius 3 is 2.60 bits per heavy atom. The van der Waals surface area contributed by atoms with Crippen LogP contribution in [-0.2, 0) is 0 Å². The smallest absolute Gasteiger partial charge is 0.387 e. The number of carbonyl (C=O) groups excluding carboxylic acids is 1. The van der Waals surface area contributed by atoms with E-state index in [1.165, 1.54) is 18.2 Å². The van der Waals surface area contributed by atoms with E-state index in [2.05, 4.69) is 10.1 Å². The molecular weight excluding hydrogens is 286 g/mol. The SMILES string of the molecule is CC(C)(CNC(=O)c1ccccc1OC(F)F)C(N)=S. The van der Waals surface area contributed by atoms with Crippen molar-refractivity contribution in [3.63, 3.8) is 0 Å². The molecule has 0 aliphatic heterocycles. The number of para-hydroxylation sites is 1. The fraction of sp³-hybridized carbons (Fsp3) is 0.385. The third-order valence-corrected chi connectivity index (χ3v) is 3.26. The van der Waals surface area contributed by atoms with Gasteiger partial charge in [-0.3, -0.25) is 4.79 Å². The standard InChI is InChI=1S/C13H16F2N2O2S/c1-13(2,11(16)20)7-17-10(18)8-5-3-4-6-9(8)19-12(14)15/h3-6,12H,7H2,1-2H3,(H2,16,20)(H,17,18). The van der Waals surface area contributed by atoms with E-state index in [1.807, 2.05) is 0 Å². The van der Waals surface area contributed by atoms with Crippen LogP contribution in [0.5, 0.6) is 5.75 Å². The largest absolute Gasteiger partial charge is 0.434 e. The van der Waals surface area contributed by atoms with Crippen molar-refractivity contribution in [1.82, 2.24) is 5.32 Å². The Labute approximate surface area is 121 Å². The van der Waals surface area contributed by atoms with E-state index >= 15 is 0 Å². The van der Waals surface area contributed by atoms with E-state index in [4.69, 9.17) is 18.0 Å². The van der Waals surface area contributed by atoms with Crippen molar-refractivity contribution in [2.24, 2.45) is 11.1 Å². The first-order valence-electron chi connectivity index (χ1n) is 5.86. The number of hydrogen-bond acceptors (Lipinski definition) is 3. The summed E-state index contributed by atoms with van der Waals surface area (Å²) in [5.41, 5.74) is 5.02. The van der Waals surface area contributed by atoms with Gasteiger partial charge in [0.1, 0.15) is 5.75 Å². The number of thiocarbonyl (C=S) groups is 1. The van der Waals surface area contributed by atoms with E-state index in [0.717, 1.165) is 0 Å². The maximum atomic E-state index is 12.3. The Morgan fingerprint density at radius 2 is 2.05 bits per heavy atom. The molecule has 1 aromatic rings. The van der Waals surface area contributed by atoms with Gasteiger partial charge in [-0.15, -0.1) is 0 Å². The predicted molar refractivity (Wildman–Crippen MR) is 76.0 cm³/mol. The van der Waals surface area contributed by atoms with Crippen LogP contribution in [0.15, 0.2) is 24.3 Å². The van der Waals surface area contributed by atoms with Gasteiger partial charge in [0.05, 0.1) is 10.6 Å². The molecule has 7 heteroatoms. The maximum Gasteiger partial charge on any atom is 0.387 e. The quantitative estimate of drug-likeness (QED) is 0.792. The minimum atomic E-state index is -2.99. The van der Waals surface area contributed by atoms with Crippen molar-refractivity contribution < 1.29 is 18.3 Å². The van der Waals surface area contributed by atoms with Crippen molar-refractivity contribution in [3.05, 3.63) is 29.8 Å².